The summed E-state index contributed by atoms with van der Waals surface area (Å²) in [6.45, 7) is 3.43. The van der Waals surface area contributed by atoms with Gasteiger partial charge in [-0.3, -0.25) is 24.1 Å². The molecule has 5 aromatic rings. The van der Waals surface area contributed by atoms with E-state index >= 15 is 0 Å². The molecule has 1 N–H and O–H groups in total. The van der Waals surface area contributed by atoms with Crippen LogP contribution in [0.3, 0.4) is 0 Å². The molecule has 0 radical (unpaired) electrons. The lowest BCUT2D eigenvalue weighted by Gasteiger charge is -2.50. The Hall–Kier alpha value is -5.32. The third kappa shape index (κ3) is 4.58. The molecule has 2 saturated heterocycles. The van der Waals surface area contributed by atoms with Gasteiger partial charge in [-0.2, -0.15) is 0 Å². The fraction of sp³-hybridized carbons (Fsp3) is 0.244. The van der Waals surface area contributed by atoms with Crippen LogP contribution in [-0.2, 0) is 19.2 Å². The van der Waals surface area contributed by atoms with Crippen molar-refractivity contribution in [3.8, 4) is 17.2 Å². The van der Waals surface area contributed by atoms with Gasteiger partial charge in [-0.15, -0.1) is 23.2 Å². The second kappa shape index (κ2) is 11.6. The fourth-order valence-corrected chi connectivity index (χ4v) is 9.87. The minimum atomic E-state index is -2.07. The van der Waals surface area contributed by atoms with Gasteiger partial charge in [0.05, 0.1) is 23.2 Å². The van der Waals surface area contributed by atoms with Crippen LogP contribution in [0.5, 0.6) is 5.75 Å². The maximum atomic E-state index is 14.6. The van der Waals surface area contributed by atoms with Crippen LogP contribution in [-0.4, -0.2) is 43.5 Å². The first-order valence-electron chi connectivity index (χ1n) is 17.2. The van der Waals surface area contributed by atoms with Crippen LogP contribution >= 0.6 is 23.2 Å². The SMILES string of the molecule is Cc1cc(C2C3=CCC4C(=O)N(c5ccc(-c6nc7ccccc7o6)cc5)C(=O)C4C3CC3(Cl)C(=O)N(c4ccc(F)cc4)C(=O)C23Cl)cc(C)c1O. The van der Waals surface area contributed by atoms with Crippen molar-refractivity contribution in [2.24, 2.45) is 17.8 Å². The number of carbonyl (C=O) groups excluding carboxylic acids is 4. The molecule has 12 heteroatoms. The molecule has 4 aromatic carbocycles. The Bertz CT molecular complexity index is 2410. The quantitative estimate of drug-likeness (QED) is 0.113. The molecule has 3 fully saturated rings. The summed E-state index contributed by atoms with van der Waals surface area (Å²) < 4.78 is 19.9. The molecule has 6 atom stereocenters. The highest BCUT2D eigenvalue weighted by Gasteiger charge is 2.76. The Morgan fingerprint density at radius 1 is 0.830 bits per heavy atom. The highest BCUT2D eigenvalue weighted by Crippen LogP contribution is 2.66. The van der Waals surface area contributed by atoms with E-state index in [0.717, 1.165) is 17.0 Å². The number of amides is 4. The number of carbonyl (C=O) groups is 4. The van der Waals surface area contributed by atoms with Crippen molar-refractivity contribution in [2.45, 2.75) is 42.4 Å². The molecule has 9 nitrogen and oxygen atoms in total. The van der Waals surface area contributed by atoms with E-state index in [1.165, 1.54) is 17.0 Å². The number of hydrogen-bond donors (Lipinski definition) is 1. The van der Waals surface area contributed by atoms with Crippen molar-refractivity contribution in [3.05, 3.63) is 119 Å². The summed E-state index contributed by atoms with van der Waals surface area (Å²) in [7, 11) is 0. The number of phenols is 1. The number of hydrogen-bond acceptors (Lipinski definition) is 7. The van der Waals surface area contributed by atoms with Gasteiger partial charge in [0.2, 0.25) is 17.7 Å². The lowest BCUT2D eigenvalue weighted by atomic mass is 9.56. The number of oxazole rings is 1. The largest absolute Gasteiger partial charge is 0.507 e. The third-order valence-corrected chi connectivity index (χ3v) is 12.8. The topological polar surface area (TPSA) is 121 Å². The molecule has 1 saturated carbocycles. The van der Waals surface area contributed by atoms with E-state index in [1.54, 1.807) is 50.2 Å². The minimum absolute atomic E-state index is 0.0654. The number of allylic oxidation sites excluding steroid dienone is 2. The second-order valence-corrected chi connectivity index (χ2v) is 15.5. The smallest absolute Gasteiger partial charge is 0.258 e. The van der Waals surface area contributed by atoms with Crippen LogP contribution in [0, 0.1) is 37.4 Å². The number of halogens is 3. The molecular formula is C41H30Cl2FN3O6. The Kier molecular flexibility index (Phi) is 7.33. The summed E-state index contributed by atoms with van der Waals surface area (Å²) >= 11 is 15.0. The van der Waals surface area contributed by atoms with Crippen molar-refractivity contribution in [2.75, 3.05) is 9.80 Å². The van der Waals surface area contributed by atoms with Crippen LogP contribution in [0.25, 0.3) is 22.6 Å². The van der Waals surface area contributed by atoms with Gasteiger partial charge in [-0.05, 0) is 110 Å². The number of nitrogens with zero attached hydrogens (tertiary/aromatic N) is 3. The van der Waals surface area contributed by atoms with Crippen LogP contribution in [0.1, 0.15) is 35.4 Å². The van der Waals surface area contributed by atoms with E-state index in [0.29, 0.717) is 50.5 Å². The molecule has 4 amide bonds. The molecular weight excluding hydrogens is 720 g/mol. The maximum Gasteiger partial charge on any atom is 0.258 e. The van der Waals surface area contributed by atoms with E-state index in [-0.39, 0.29) is 30.2 Å². The zero-order chi connectivity index (χ0) is 37.1. The first-order valence-corrected chi connectivity index (χ1v) is 18.0. The summed E-state index contributed by atoms with van der Waals surface area (Å²) in [5, 5.41) is 10.7. The predicted octanol–water partition coefficient (Wildman–Crippen LogP) is 7.72. The zero-order valence-corrected chi connectivity index (χ0v) is 29.9. The number of anilines is 2. The van der Waals surface area contributed by atoms with Crippen molar-refractivity contribution >= 4 is 69.3 Å². The van der Waals surface area contributed by atoms with E-state index in [2.05, 4.69) is 4.98 Å². The fourth-order valence-electron chi connectivity index (χ4n) is 8.93. The van der Waals surface area contributed by atoms with E-state index in [1.807, 2.05) is 30.3 Å². The Morgan fingerprint density at radius 2 is 1.47 bits per heavy atom. The van der Waals surface area contributed by atoms with Crippen molar-refractivity contribution in [1.29, 1.82) is 0 Å². The van der Waals surface area contributed by atoms with Gasteiger partial charge in [0.1, 0.15) is 17.1 Å². The van der Waals surface area contributed by atoms with Gasteiger partial charge in [-0.1, -0.05) is 35.9 Å². The second-order valence-electron chi connectivity index (χ2n) is 14.3. The highest BCUT2D eigenvalue weighted by molar-refractivity contribution is 6.58. The summed E-state index contributed by atoms with van der Waals surface area (Å²) in [5.74, 6) is -5.93. The third-order valence-electron chi connectivity index (χ3n) is 11.4. The lowest BCUT2D eigenvalue weighted by molar-refractivity contribution is -0.125. The number of imide groups is 2. The van der Waals surface area contributed by atoms with Gasteiger partial charge in [0.25, 0.3) is 11.8 Å². The molecule has 9 rings (SSSR count). The van der Waals surface area contributed by atoms with Gasteiger partial charge in [0, 0.05) is 11.5 Å². The van der Waals surface area contributed by atoms with Gasteiger partial charge in [0.15, 0.2) is 15.3 Å². The lowest BCUT2D eigenvalue weighted by Crippen LogP contribution is -2.60. The molecule has 6 unspecified atom stereocenters. The molecule has 3 heterocycles. The maximum absolute atomic E-state index is 14.6. The zero-order valence-electron chi connectivity index (χ0n) is 28.3. The summed E-state index contributed by atoms with van der Waals surface area (Å²) in [4.78, 5) is 60.3. The molecule has 2 aliphatic carbocycles. The van der Waals surface area contributed by atoms with Crippen LogP contribution in [0.15, 0.2) is 101 Å². The van der Waals surface area contributed by atoms with Crippen molar-refractivity contribution in [1.82, 2.24) is 4.98 Å². The summed E-state index contributed by atoms with van der Waals surface area (Å²) in [6.07, 6.45) is 1.85. The number of para-hydroxylation sites is 2. The number of rotatable bonds is 4. The number of aromatic nitrogens is 1. The summed E-state index contributed by atoms with van der Waals surface area (Å²) in [5.41, 5.74) is 4.65. The minimum Gasteiger partial charge on any atom is -0.507 e. The van der Waals surface area contributed by atoms with E-state index in [9.17, 15) is 28.7 Å². The average Bonchev–Trinajstić information content (AvgIpc) is 3.74. The first-order chi connectivity index (χ1) is 25.3. The predicted molar refractivity (Wildman–Crippen MR) is 196 cm³/mol. The van der Waals surface area contributed by atoms with E-state index < -0.39 is 57.0 Å². The molecule has 1 aromatic heterocycles. The Labute approximate surface area is 312 Å². The number of alkyl halides is 2. The standard InChI is InChI=1S/C41H30Cl2FN3O6/c1-20-17-23(18-21(2)34(20)48)33-27-15-16-28-32(29(27)19-40(42)38(51)47(39(52)41(33,40)43)26-13-9-24(44)10-14-26)37(50)46(36(28)49)25-11-7-22(8-12-25)35-45-30-5-3-4-6-31(30)53-35/h3-15,17-18,28-29,32-33,48H,16,19H2,1-2H3. The molecule has 0 spiro atoms. The van der Waals surface area contributed by atoms with Crippen molar-refractivity contribution in [3.63, 3.8) is 0 Å². The highest BCUT2D eigenvalue weighted by atomic mass is 35.5. The molecule has 53 heavy (non-hydrogen) atoms. The monoisotopic (exact) mass is 749 g/mol. The Balaban J connectivity index is 1.13. The first kappa shape index (κ1) is 33.5. The number of fused-ring (bicyclic) bond motifs is 5. The molecule has 4 aliphatic rings. The van der Waals surface area contributed by atoms with Gasteiger partial charge in [-0.25, -0.2) is 14.3 Å². The molecule has 266 valence electrons. The molecule has 0 bridgehead atoms. The number of aromatic hydroxyl groups is 1. The van der Waals surface area contributed by atoms with Gasteiger partial charge < -0.3 is 9.52 Å². The van der Waals surface area contributed by atoms with Crippen LogP contribution in [0.4, 0.5) is 15.8 Å². The average molecular weight is 751 g/mol. The van der Waals surface area contributed by atoms with E-state index in [4.69, 9.17) is 27.6 Å². The van der Waals surface area contributed by atoms with Crippen LogP contribution < -0.4 is 9.80 Å². The normalized spacial score (nSPS) is 28.0. The number of aryl methyl sites for hydroxylation is 2. The Morgan fingerprint density at radius 3 is 2.15 bits per heavy atom. The number of phenolic OH excluding ortho intramolecular Hbond substituents is 1. The van der Waals surface area contributed by atoms with Gasteiger partial charge >= 0.3 is 0 Å². The van der Waals surface area contributed by atoms with Crippen molar-refractivity contribution < 1.29 is 33.1 Å². The van der Waals surface area contributed by atoms with Crippen LogP contribution in [0.2, 0.25) is 0 Å². The molecule has 2 aliphatic heterocycles. The number of benzene rings is 4. The summed E-state index contributed by atoms with van der Waals surface area (Å²) in [6, 6.07) is 22.5.